The van der Waals surface area contributed by atoms with Crippen LogP contribution in [-0.2, 0) is 10.8 Å². The van der Waals surface area contributed by atoms with Gasteiger partial charge in [0.2, 0.25) is 0 Å². The van der Waals surface area contributed by atoms with Gasteiger partial charge in [-0.2, -0.15) is 5.26 Å². The van der Waals surface area contributed by atoms with Crippen molar-refractivity contribution in [2.24, 2.45) is 0 Å². The third-order valence-corrected chi connectivity index (χ3v) is 9.04. The van der Waals surface area contributed by atoms with E-state index < -0.39 is 0 Å². The molecule has 0 aliphatic heterocycles. The van der Waals surface area contributed by atoms with Crippen molar-refractivity contribution in [2.45, 2.75) is 52.4 Å². The Morgan fingerprint density at radius 2 is 0.840 bits per heavy atom. The number of aromatic nitrogens is 3. The van der Waals surface area contributed by atoms with Gasteiger partial charge in [0.05, 0.1) is 45.8 Å². The van der Waals surface area contributed by atoms with E-state index >= 15 is 0 Å². The summed E-state index contributed by atoms with van der Waals surface area (Å²) in [6.07, 6.45) is 3.39. The molecule has 6 aromatic rings. The molecule has 0 bridgehead atoms. The Balaban J connectivity index is 1.46. The smallest absolute Gasteiger partial charge is 0.0991 e. The Bertz CT molecular complexity index is 2150. The van der Waals surface area contributed by atoms with E-state index in [1.165, 1.54) is 11.1 Å². The second-order valence-electron chi connectivity index (χ2n) is 14.6. The maximum atomic E-state index is 9.34. The minimum Gasteiger partial charge on any atom is -0.248 e. The van der Waals surface area contributed by atoms with Crippen LogP contribution in [-0.4, -0.2) is 15.0 Å². The first-order valence-corrected chi connectivity index (χ1v) is 16.9. The zero-order valence-electron chi connectivity index (χ0n) is 29.8. The molecule has 2 heterocycles. The summed E-state index contributed by atoms with van der Waals surface area (Å²) in [6.45, 7) is 21.3. The lowest BCUT2D eigenvalue weighted by Crippen LogP contribution is -2.10. The molecule has 4 heteroatoms. The number of nitriles is 1. The van der Waals surface area contributed by atoms with Gasteiger partial charge in [-0.1, -0.05) is 140 Å². The van der Waals surface area contributed by atoms with Crippen molar-refractivity contribution in [2.75, 3.05) is 0 Å². The maximum Gasteiger partial charge on any atom is 0.0991 e. The van der Waals surface area contributed by atoms with Crippen LogP contribution < -0.4 is 0 Å². The third-order valence-electron chi connectivity index (χ3n) is 9.04. The quantitative estimate of drug-likeness (QED) is 0.172. The predicted molar refractivity (Wildman–Crippen MR) is 209 cm³/mol. The van der Waals surface area contributed by atoms with E-state index in [0.717, 1.165) is 50.5 Å². The Hall–Kier alpha value is -5.92. The molecule has 0 N–H and O–H groups in total. The van der Waals surface area contributed by atoms with Crippen LogP contribution in [0, 0.1) is 11.3 Å². The molecule has 4 aromatic carbocycles. The summed E-state index contributed by atoms with van der Waals surface area (Å²) in [5.41, 5.74) is 14.0. The lowest BCUT2D eigenvalue weighted by Gasteiger charge is -2.20. The first-order valence-electron chi connectivity index (χ1n) is 16.9. The molecular formula is C46H42N4. The summed E-state index contributed by atoms with van der Waals surface area (Å²) >= 11 is 0. The number of nitrogens with zero attached hydrogens (tertiary/aromatic N) is 4. The molecule has 6 rings (SSSR count). The van der Waals surface area contributed by atoms with Crippen LogP contribution in [0.2, 0.25) is 0 Å². The fraction of sp³-hybridized carbons (Fsp3) is 0.174. The molecule has 0 fully saturated rings. The normalized spacial score (nSPS) is 11.5. The molecule has 0 saturated heterocycles. The van der Waals surface area contributed by atoms with Crippen LogP contribution in [0.5, 0.6) is 0 Å². The lowest BCUT2D eigenvalue weighted by molar-refractivity contribution is 0.590. The van der Waals surface area contributed by atoms with Crippen LogP contribution >= 0.6 is 0 Å². The molecule has 0 aliphatic rings. The standard InChI is InChI=1S/C46H42N4/c1-9-39-40(10-2)50-44(43(49-39)34-13-11-30(29-47)12-14-34)35-17-15-31(16-18-35)36-27-41(32-19-23-37(24-20-32)45(3,4)5)48-42(28-36)33-21-25-38(26-22-33)46(6,7)8/h9-28H,1-2H2,3-8H3. The number of hydrogen-bond acceptors (Lipinski definition) is 4. The molecule has 0 unspecified atom stereocenters. The zero-order chi connectivity index (χ0) is 35.6. The predicted octanol–water partition coefficient (Wildman–Crippen LogP) is 12.0. The average molecular weight is 651 g/mol. The van der Waals surface area contributed by atoms with E-state index in [-0.39, 0.29) is 10.8 Å². The fourth-order valence-corrected chi connectivity index (χ4v) is 5.96. The third kappa shape index (κ3) is 7.09. The lowest BCUT2D eigenvalue weighted by atomic mass is 9.86. The second kappa shape index (κ2) is 13.5. The van der Waals surface area contributed by atoms with Gasteiger partial charge in [-0.25, -0.2) is 15.0 Å². The van der Waals surface area contributed by atoms with Crippen LogP contribution in [0.3, 0.4) is 0 Å². The van der Waals surface area contributed by atoms with Gasteiger partial charge in [-0.05, 0) is 69.5 Å². The van der Waals surface area contributed by atoms with Gasteiger partial charge in [0.15, 0.2) is 0 Å². The molecule has 2 aromatic heterocycles. The highest BCUT2D eigenvalue weighted by atomic mass is 14.8. The van der Waals surface area contributed by atoms with Gasteiger partial charge in [0, 0.05) is 22.3 Å². The van der Waals surface area contributed by atoms with E-state index in [4.69, 9.17) is 15.0 Å². The number of rotatable bonds is 7. The molecular weight excluding hydrogens is 609 g/mol. The highest BCUT2D eigenvalue weighted by Gasteiger charge is 2.18. The van der Waals surface area contributed by atoms with Gasteiger partial charge in [-0.3, -0.25) is 0 Å². The summed E-state index contributed by atoms with van der Waals surface area (Å²) in [7, 11) is 0. The van der Waals surface area contributed by atoms with Gasteiger partial charge in [0.25, 0.3) is 0 Å². The molecule has 4 nitrogen and oxygen atoms in total. The molecule has 0 amide bonds. The Morgan fingerprint density at radius 3 is 1.20 bits per heavy atom. The van der Waals surface area contributed by atoms with Crippen molar-refractivity contribution in [3.8, 4) is 62.2 Å². The average Bonchev–Trinajstić information content (AvgIpc) is 3.13. The fourth-order valence-electron chi connectivity index (χ4n) is 5.96. The summed E-state index contributed by atoms with van der Waals surface area (Å²) in [4.78, 5) is 15.1. The highest BCUT2D eigenvalue weighted by molar-refractivity contribution is 5.83. The topological polar surface area (TPSA) is 62.5 Å². The minimum atomic E-state index is 0.0677. The Labute approximate surface area is 296 Å². The van der Waals surface area contributed by atoms with E-state index in [1.54, 1.807) is 24.3 Å². The van der Waals surface area contributed by atoms with E-state index in [2.05, 4.69) is 146 Å². The van der Waals surface area contributed by atoms with Crippen LogP contribution in [0.1, 0.15) is 69.6 Å². The Kier molecular flexibility index (Phi) is 9.19. The molecule has 0 radical (unpaired) electrons. The minimum absolute atomic E-state index is 0.0677. The SMILES string of the molecule is C=Cc1nc(-c2ccc(C#N)cc2)c(-c2ccc(-c3cc(-c4ccc(C(C)(C)C)cc4)nc(-c4ccc(C(C)(C)C)cc4)c3)cc2)nc1C=C. The first-order chi connectivity index (χ1) is 23.9. The zero-order valence-corrected chi connectivity index (χ0v) is 29.8. The molecule has 0 spiro atoms. The van der Waals surface area contributed by atoms with Crippen LogP contribution in [0.25, 0.3) is 68.3 Å². The highest BCUT2D eigenvalue weighted by Crippen LogP contribution is 2.36. The van der Waals surface area contributed by atoms with E-state index in [9.17, 15) is 5.26 Å². The molecule has 246 valence electrons. The number of hydrogen-bond donors (Lipinski definition) is 0. The summed E-state index contributed by atoms with van der Waals surface area (Å²) in [6, 6.07) is 39.9. The van der Waals surface area contributed by atoms with Crippen molar-refractivity contribution >= 4 is 12.2 Å². The second-order valence-corrected chi connectivity index (χ2v) is 14.6. The summed E-state index contributed by atoms with van der Waals surface area (Å²) in [5.74, 6) is 0. The van der Waals surface area contributed by atoms with E-state index in [1.807, 2.05) is 12.1 Å². The summed E-state index contributed by atoms with van der Waals surface area (Å²) < 4.78 is 0. The molecule has 0 atom stereocenters. The first kappa shape index (κ1) is 34.0. The van der Waals surface area contributed by atoms with Crippen molar-refractivity contribution < 1.29 is 0 Å². The van der Waals surface area contributed by atoms with Crippen molar-refractivity contribution in [3.63, 3.8) is 0 Å². The maximum absolute atomic E-state index is 9.34. The van der Waals surface area contributed by atoms with Gasteiger partial charge < -0.3 is 0 Å². The van der Waals surface area contributed by atoms with Gasteiger partial charge in [0.1, 0.15) is 0 Å². The molecule has 0 saturated carbocycles. The van der Waals surface area contributed by atoms with Crippen LogP contribution in [0.15, 0.2) is 122 Å². The Morgan fingerprint density at radius 1 is 0.480 bits per heavy atom. The molecule has 0 aliphatic carbocycles. The van der Waals surface area contributed by atoms with Crippen molar-refractivity contribution in [1.29, 1.82) is 5.26 Å². The van der Waals surface area contributed by atoms with Gasteiger partial charge in [-0.15, -0.1) is 0 Å². The summed E-state index contributed by atoms with van der Waals surface area (Å²) in [5, 5.41) is 9.34. The number of pyridine rings is 1. The monoisotopic (exact) mass is 650 g/mol. The molecule has 50 heavy (non-hydrogen) atoms. The number of benzene rings is 4. The van der Waals surface area contributed by atoms with Crippen molar-refractivity contribution in [3.05, 3.63) is 150 Å². The van der Waals surface area contributed by atoms with Crippen molar-refractivity contribution in [1.82, 2.24) is 15.0 Å². The van der Waals surface area contributed by atoms with Crippen LogP contribution in [0.4, 0.5) is 0 Å². The largest absolute Gasteiger partial charge is 0.248 e. The van der Waals surface area contributed by atoms with E-state index in [0.29, 0.717) is 22.6 Å². The van der Waals surface area contributed by atoms with Gasteiger partial charge >= 0.3 is 0 Å².